The van der Waals surface area contributed by atoms with E-state index in [0.717, 1.165) is 44.9 Å². The lowest BCUT2D eigenvalue weighted by atomic mass is 10.2. The van der Waals surface area contributed by atoms with E-state index in [2.05, 4.69) is 17.0 Å². The first-order chi connectivity index (χ1) is 11.3. The standard InChI is InChI=1S/C13H18N2O2.3C2H6/c1-17-13-4-2-12(3-5-13)10-14-6-8-15(11-16)9-7-14;3*1-2/h2-5,11H,6-10H2,1H3;3*1-2H3. The van der Waals surface area contributed by atoms with Crippen molar-refractivity contribution in [3.63, 3.8) is 0 Å². The highest BCUT2D eigenvalue weighted by Crippen LogP contribution is 2.13. The fourth-order valence-electron chi connectivity index (χ4n) is 2.02. The fraction of sp³-hybridized carbons (Fsp3) is 0.632. The van der Waals surface area contributed by atoms with E-state index in [1.54, 1.807) is 7.11 Å². The highest BCUT2D eigenvalue weighted by molar-refractivity contribution is 5.47. The van der Waals surface area contributed by atoms with E-state index in [1.807, 2.05) is 58.6 Å². The molecule has 0 unspecified atom stereocenters. The molecule has 0 N–H and O–H groups in total. The predicted octanol–water partition coefficient (Wildman–Crippen LogP) is 4.05. The van der Waals surface area contributed by atoms with Gasteiger partial charge in [0.1, 0.15) is 5.75 Å². The van der Waals surface area contributed by atoms with Crippen molar-refractivity contribution in [1.82, 2.24) is 9.80 Å². The van der Waals surface area contributed by atoms with E-state index in [9.17, 15) is 4.79 Å². The Labute approximate surface area is 143 Å². The van der Waals surface area contributed by atoms with E-state index < -0.39 is 0 Å². The van der Waals surface area contributed by atoms with Crippen LogP contribution in [0.3, 0.4) is 0 Å². The van der Waals surface area contributed by atoms with Crippen LogP contribution in [0.5, 0.6) is 5.75 Å². The molecule has 1 aliphatic rings. The van der Waals surface area contributed by atoms with Crippen LogP contribution in [0.15, 0.2) is 24.3 Å². The second-order valence-electron chi connectivity index (χ2n) is 4.27. The summed E-state index contributed by atoms with van der Waals surface area (Å²) in [6.45, 7) is 16.5. The summed E-state index contributed by atoms with van der Waals surface area (Å²) in [5, 5.41) is 0. The van der Waals surface area contributed by atoms with Crippen molar-refractivity contribution in [2.45, 2.75) is 48.1 Å². The molecule has 0 aromatic heterocycles. The predicted molar refractivity (Wildman–Crippen MR) is 100.0 cm³/mol. The lowest BCUT2D eigenvalue weighted by Gasteiger charge is -2.32. The molecular weight excluding hydrogens is 288 g/mol. The number of methoxy groups -OCH3 is 1. The van der Waals surface area contributed by atoms with Gasteiger partial charge in [-0.1, -0.05) is 53.7 Å². The number of rotatable bonds is 4. The molecule has 0 radical (unpaired) electrons. The number of ether oxygens (including phenoxy) is 1. The molecule has 1 aromatic carbocycles. The quantitative estimate of drug-likeness (QED) is 0.783. The first kappa shape index (κ1) is 23.7. The largest absolute Gasteiger partial charge is 0.497 e. The van der Waals surface area contributed by atoms with Gasteiger partial charge in [-0.15, -0.1) is 0 Å². The number of hydrogen-bond acceptors (Lipinski definition) is 3. The highest BCUT2D eigenvalue weighted by atomic mass is 16.5. The molecule has 1 saturated heterocycles. The fourth-order valence-corrected chi connectivity index (χ4v) is 2.02. The molecule has 0 spiro atoms. The van der Waals surface area contributed by atoms with Gasteiger partial charge in [-0.25, -0.2) is 0 Å². The van der Waals surface area contributed by atoms with Gasteiger partial charge in [-0.2, -0.15) is 0 Å². The highest BCUT2D eigenvalue weighted by Gasteiger charge is 2.15. The van der Waals surface area contributed by atoms with Gasteiger partial charge >= 0.3 is 0 Å². The minimum Gasteiger partial charge on any atom is -0.497 e. The molecule has 0 saturated carbocycles. The Bertz CT molecular complexity index is 358. The first-order valence-electron chi connectivity index (χ1n) is 8.86. The average molecular weight is 325 g/mol. The summed E-state index contributed by atoms with van der Waals surface area (Å²) in [5.41, 5.74) is 1.28. The molecule has 1 aliphatic heterocycles. The van der Waals surface area contributed by atoms with Crippen LogP contribution in [-0.4, -0.2) is 49.5 Å². The summed E-state index contributed by atoms with van der Waals surface area (Å²) in [6.07, 6.45) is 0.935. The van der Waals surface area contributed by atoms with Crippen molar-refractivity contribution in [1.29, 1.82) is 0 Å². The lowest BCUT2D eigenvalue weighted by Crippen LogP contribution is -2.45. The van der Waals surface area contributed by atoms with Gasteiger partial charge in [0.25, 0.3) is 0 Å². The lowest BCUT2D eigenvalue weighted by molar-refractivity contribution is -0.119. The molecule has 1 aromatic rings. The molecule has 2 rings (SSSR count). The molecule has 23 heavy (non-hydrogen) atoms. The maximum Gasteiger partial charge on any atom is 0.209 e. The van der Waals surface area contributed by atoms with Crippen LogP contribution in [-0.2, 0) is 11.3 Å². The molecule has 134 valence electrons. The van der Waals surface area contributed by atoms with Crippen LogP contribution in [0.1, 0.15) is 47.1 Å². The van der Waals surface area contributed by atoms with E-state index >= 15 is 0 Å². The molecule has 4 heteroatoms. The number of amides is 1. The molecule has 1 heterocycles. The summed E-state index contributed by atoms with van der Waals surface area (Å²) in [7, 11) is 1.67. The van der Waals surface area contributed by atoms with Crippen molar-refractivity contribution in [2.75, 3.05) is 33.3 Å². The summed E-state index contributed by atoms with van der Waals surface area (Å²) in [6, 6.07) is 8.14. The van der Waals surface area contributed by atoms with Gasteiger partial charge in [0.2, 0.25) is 6.41 Å². The molecule has 0 bridgehead atoms. The minimum absolute atomic E-state index is 0.833. The normalized spacial score (nSPS) is 13.3. The number of hydrogen-bond donors (Lipinski definition) is 0. The summed E-state index contributed by atoms with van der Waals surface area (Å²) in [5.74, 6) is 0.888. The smallest absolute Gasteiger partial charge is 0.209 e. The zero-order chi connectivity index (χ0) is 18.1. The average Bonchev–Trinajstić information content (AvgIpc) is 2.68. The van der Waals surface area contributed by atoms with Crippen molar-refractivity contribution < 1.29 is 9.53 Å². The van der Waals surface area contributed by atoms with Gasteiger partial charge in [0.15, 0.2) is 0 Å². The van der Waals surface area contributed by atoms with Crippen molar-refractivity contribution in [2.24, 2.45) is 0 Å². The van der Waals surface area contributed by atoms with Crippen molar-refractivity contribution >= 4 is 6.41 Å². The summed E-state index contributed by atoms with van der Waals surface area (Å²) < 4.78 is 5.13. The maximum atomic E-state index is 10.6. The second kappa shape index (κ2) is 16.8. The number of benzene rings is 1. The molecule has 0 aliphatic carbocycles. The number of nitrogens with zero attached hydrogens (tertiary/aromatic N) is 2. The Balaban J connectivity index is 0. The second-order valence-corrected chi connectivity index (χ2v) is 4.27. The van der Waals surface area contributed by atoms with E-state index in [0.29, 0.717) is 0 Å². The molecule has 1 fully saturated rings. The monoisotopic (exact) mass is 324 g/mol. The Morgan fingerprint density at radius 2 is 1.39 bits per heavy atom. The zero-order valence-electron chi connectivity index (χ0n) is 16.1. The number of carbonyl (C=O) groups is 1. The van der Waals surface area contributed by atoms with Gasteiger partial charge in [-0.3, -0.25) is 9.69 Å². The van der Waals surface area contributed by atoms with Gasteiger partial charge in [-0.05, 0) is 17.7 Å². The van der Waals surface area contributed by atoms with Crippen LogP contribution in [0.4, 0.5) is 0 Å². The minimum atomic E-state index is 0.833. The third-order valence-corrected chi connectivity index (χ3v) is 3.12. The summed E-state index contributed by atoms with van der Waals surface area (Å²) >= 11 is 0. The first-order valence-corrected chi connectivity index (χ1v) is 8.86. The topological polar surface area (TPSA) is 32.8 Å². The van der Waals surface area contributed by atoms with Crippen LogP contribution < -0.4 is 4.74 Å². The van der Waals surface area contributed by atoms with Crippen molar-refractivity contribution in [3.05, 3.63) is 29.8 Å². The Morgan fingerprint density at radius 1 is 0.913 bits per heavy atom. The van der Waals surface area contributed by atoms with Crippen molar-refractivity contribution in [3.8, 4) is 5.75 Å². The third kappa shape index (κ3) is 9.95. The number of piperazine rings is 1. The third-order valence-electron chi connectivity index (χ3n) is 3.12. The Morgan fingerprint density at radius 3 is 1.78 bits per heavy atom. The SMILES string of the molecule is CC.CC.CC.COc1ccc(CN2CCN(C=O)CC2)cc1. The van der Waals surface area contributed by atoms with E-state index in [1.165, 1.54) is 5.56 Å². The Kier molecular flexibility index (Phi) is 17.3. The van der Waals surface area contributed by atoms with Crippen LogP contribution in [0.2, 0.25) is 0 Å². The molecule has 4 nitrogen and oxygen atoms in total. The van der Waals surface area contributed by atoms with Gasteiger partial charge < -0.3 is 9.64 Å². The van der Waals surface area contributed by atoms with E-state index in [-0.39, 0.29) is 0 Å². The number of carbonyl (C=O) groups excluding carboxylic acids is 1. The van der Waals surface area contributed by atoms with E-state index in [4.69, 9.17) is 4.74 Å². The maximum absolute atomic E-state index is 10.6. The van der Waals surface area contributed by atoms with Crippen LogP contribution in [0.25, 0.3) is 0 Å². The molecule has 0 atom stereocenters. The molecule has 1 amide bonds. The summed E-state index contributed by atoms with van der Waals surface area (Å²) in [4.78, 5) is 14.8. The van der Waals surface area contributed by atoms with Crippen LogP contribution in [0, 0.1) is 0 Å². The zero-order valence-corrected chi connectivity index (χ0v) is 16.1. The Hall–Kier alpha value is -1.55. The van der Waals surface area contributed by atoms with Gasteiger partial charge in [0, 0.05) is 32.7 Å². The molecular formula is C19H36N2O2. The van der Waals surface area contributed by atoms with Crippen LogP contribution >= 0.6 is 0 Å². The van der Waals surface area contributed by atoms with Gasteiger partial charge in [0.05, 0.1) is 7.11 Å².